The van der Waals surface area contributed by atoms with Crippen molar-refractivity contribution in [2.45, 2.75) is 119 Å². The van der Waals surface area contributed by atoms with Crippen molar-refractivity contribution in [2.75, 3.05) is 0 Å². The zero-order valence-corrected chi connectivity index (χ0v) is 16.2. The van der Waals surface area contributed by atoms with E-state index in [4.69, 9.17) is 4.74 Å². The van der Waals surface area contributed by atoms with E-state index in [2.05, 4.69) is 55.4 Å². The molecule has 0 bridgehead atoms. The largest absolute Gasteiger partial charge is 0.375 e. The lowest BCUT2D eigenvalue weighted by Gasteiger charge is -2.29. The molecule has 0 spiro atoms. The maximum atomic E-state index is 6.52. The first-order chi connectivity index (χ1) is 9.57. The summed E-state index contributed by atoms with van der Waals surface area (Å²) in [6, 6.07) is 0. The summed E-state index contributed by atoms with van der Waals surface area (Å²) in [5.74, 6) is 0. The minimum Gasteiger partial charge on any atom is -0.375 e. The van der Waals surface area contributed by atoms with Crippen LogP contribution < -0.4 is 0 Å². The van der Waals surface area contributed by atoms with Crippen molar-refractivity contribution < 1.29 is 4.74 Å². The highest BCUT2D eigenvalue weighted by atomic mass is 16.5. The lowest BCUT2D eigenvalue weighted by molar-refractivity contribution is -0.0370. The maximum absolute atomic E-state index is 6.52. The van der Waals surface area contributed by atoms with Gasteiger partial charge in [0.05, 0.1) is 12.2 Å². The highest BCUT2D eigenvalue weighted by Gasteiger charge is 2.21. The van der Waals surface area contributed by atoms with Crippen LogP contribution in [-0.2, 0) is 4.74 Å². The second kappa shape index (κ2) is 9.87. The summed E-state index contributed by atoms with van der Waals surface area (Å²) < 4.78 is 6.52. The number of rotatable bonds is 10. The second-order valence-corrected chi connectivity index (χ2v) is 9.16. The molecule has 0 heterocycles. The van der Waals surface area contributed by atoms with Gasteiger partial charge in [-0.15, -0.1) is 0 Å². The number of ether oxygens (including phenoxy) is 1. The lowest BCUT2D eigenvalue weighted by Crippen LogP contribution is -2.25. The molecule has 2 unspecified atom stereocenters. The zero-order chi connectivity index (χ0) is 16.5. The zero-order valence-electron chi connectivity index (χ0n) is 16.2. The van der Waals surface area contributed by atoms with Crippen LogP contribution in [-0.4, -0.2) is 12.2 Å². The van der Waals surface area contributed by atoms with Crippen LogP contribution in [0.4, 0.5) is 0 Å². The quantitative estimate of drug-likeness (QED) is 0.422. The van der Waals surface area contributed by atoms with E-state index in [0.29, 0.717) is 23.0 Å². The van der Waals surface area contributed by atoms with Crippen LogP contribution in [0.2, 0.25) is 0 Å². The highest BCUT2D eigenvalue weighted by molar-refractivity contribution is 4.71. The summed E-state index contributed by atoms with van der Waals surface area (Å²) in [6.07, 6.45) is 10.8. The van der Waals surface area contributed by atoms with E-state index in [0.717, 1.165) is 0 Å². The molecule has 0 fully saturated rings. The molecule has 0 aliphatic heterocycles. The molecule has 0 aliphatic rings. The van der Waals surface area contributed by atoms with Crippen molar-refractivity contribution in [2.24, 2.45) is 10.8 Å². The molecule has 0 aromatic rings. The first-order valence-electron chi connectivity index (χ1n) is 9.23. The van der Waals surface area contributed by atoms with Crippen LogP contribution in [0.5, 0.6) is 0 Å². The van der Waals surface area contributed by atoms with Gasteiger partial charge in [-0.25, -0.2) is 0 Å². The predicted octanol–water partition coefficient (Wildman–Crippen LogP) is 6.99. The smallest absolute Gasteiger partial charge is 0.0579 e. The molecule has 0 saturated heterocycles. The lowest BCUT2D eigenvalue weighted by atomic mass is 9.87. The summed E-state index contributed by atoms with van der Waals surface area (Å²) in [5, 5.41) is 0. The Morgan fingerprint density at radius 2 is 0.952 bits per heavy atom. The van der Waals surface area contributed by atoms with Crippen molar-refractivity contribution in [1.82, 2.24) is 0 Å². The van der Waals surface area contributed by atoms with Gasteiger partial charge in [-0.05, 0) is 49.4 Å². The minimum atomic E-state index is 0.418. The second-order valence-electron chi connectivity index (χ2n) is 9.16. The average molecular weight is 299 g/mol. The summed E-state index contributed by atoms with van der Waals surface area (Å²) in [7, 11) is 0. The molecule has 0 aliphatic carbocycles. The summed E-state index contributed by atoms with van der Waals surface area (Å²) in [6.45, 7) is 18.5. The molecular formula is C20H42O. The van der Waals surface area contributed by atoms with Crippen molar-refractivity contribution in [1.29, 1.82) is 0 Å². The monoisotopic (exact) mass is 298 g/mol. The Labute approximate surface area is 135 Å². The summed E-state index contributed by atoms with van der Waals surface area (Å²) in [5.41, 5.74) is 0.835. The Bertz CT molecular complexity index is 218. The van der Waals surface area contributed by atoms with Gasteiger partial charge in [-0.2, -0.15) is 0 Å². The molecule has 0 radical (unpaired) electrons. The summed E-state index contributed by atoms with van der Waals surface area (Å²) in [4.78, 5) is 0. The summed E-state index contributed by atoms with van der Waals surface area (Å²) >= 11 is 0. The van der Waals surface area contributed by atoms with E-state index < -0.39 is 0 Å². The fourth-order valence-electron chi connectivity index (χ4n) is 2.66. The fourth-order valence-corrected chi connectivity index (χ4v) is 2.66. The molecule has 128 valence electrons. The fraction of sp³-hybridized carbons (Fsp3) is 1.00. The SMILES string of the molecule is CCCC(CCC(C)(C)C)OC(CCC)CCC(C)(C)C. The molecule has 21 heavy (non-hydrogen) atoms. The molecule has 0 aromatic carbocycles. The third kappa shape index (κ3) is 13.4. The molecule has 0 amide bonds. The first-order valence-corrected chi connectivity index (χ1v) is 9.23. The Morgan fingerprint density at radius 1 is 0.619 bits per heavy atom. The van der Waals surface area contributed by atoms with E-state index >= 15 is 0 Å². The molecule has 0 rings (SSSR count). The third-order valence-corrected chi connectivity index (χ3v) is 4.04. The average Bonchev–Trinajstić information content (AvgIpc) is 2.31. The molecule has 0 saturated carbocycles. The van der Waals surface area contributed by atoms with Crippen LogP contribution in [0.15, 0.2) is 0 Å². The molecule has 0 aromatic heterocycles. The standard InChI is InChI=1S/C20H42O/c1-9-11-17(13-15-19(3,4)5)21-18(12-10-2)14-16-20(6,7)8/h17-18H,9-16H2,1-8H3. The van der Waals surface area contributed by atoms with E-state index in [1.807, 2.05) is 0 Å². The molecule has 2 atom stereocenters. The van der Waals surface area contributed by atoms with Crippen LogP contribution in [0.1, 0.15) is 107 Å². The van der Waals surface area contributed by atoms with Gasteiger partial charge in [0.25, 0.3) is 0 Å². The minimum absolute atomic E-state index is 0.418. The van der Waals surface area contributed by atoms with Gasteiger partial charge in [0.1, 0.15) is 0 Å². The number of hydrogen-bond donors (Lipinski definition) is 0. The number of hydrogen-bond acceptors (Lipinski definition) is 1. The molecular weight excluding hydrogens is 256 g/mol. The van der Waals surface area contributed by atoms with Gasteiger partial charge in [0.15, 0.2) is 0 Å². The topological polar surface area (TPSA) is 9.23 Å². The van der Waals surface area contributed by atoms with E-state index in [-0.39, 0.29) is 0 Å². The Kier molecular flexibility index (Phi) is 9.85. The molecule has 0 N–H and O–H groups in total. The Balaban J connectivity index is 4.43. The van der Waals surface area contributed by atoms with Crippen molar-refractivity contribution >= 4 is 0 Å². The van der Waals surface area contributed by atoms with Crippen LogP contribution >= 0.6 is 0 Å². The van der Waals surface area contributed by atoms with Gasteiger partial charge < -0.3 is 4.74 Å². The normalized spacial score (nSPS) is 16.0. The van der Waals surface area contributed by atoms with Crippen molar-refractivity contribution in [3.05, 3.63) is 0 Å². The van der Waals surface area contributed by atoms with Crippen molar-refractivity contribution in [3.63, 3.8) is 0 Å². The van der Waals surface area contributed by atoms with Gasteiger partial charge in [-0.3, -0.25) is 0 Å². The van der Waals surface area contributed by atoms with Gasteiger partial charge in [0.2, 0.25) is 0 Å². The van der Waals surface area contributed by atoms with Gasteiger partial charge in [-0.1, -0.05) is 68.2 Å². The Hall–Kier alpha value is -0.0400. The molecule has 1 heteroatoms. The first kappa shape index (κ1) is 21.0. The van der Waals surface area contributed by atoms with Crippen LogP contribution in [0, 0.1) is 10.8 Å². The van der Waals surface area contributed by atoms with Gasteiger partial charge >= 0.3 is 0 Å². The van der Waals surface area contributed by atoms with E-state index in [1.165, 1.54) is 51.4 Å². The third-order valence-electron chi connectivity index (χ3n) is 4.04. The van der Waals surface area contributed by atoms with Crippen LogP contribution in [0.25, 0.3) is 0 Å². The van der Waals surface area contributed by atoms with Crippen LogP contribution in [0.3, 0.4) is 0 Å². The Morgan fingerprint density at radius 3 is 1.19 bits per heavy atom. The predicted molar refractivity (Wildman–Crippen MR) is 95.9 cm³/mol. The highest BCUT2D eigenvalue weighted by Crippen LogP contribution is 2.28. The van der Waals surface area contributed by atoms with Crippen molar-refractivity contribution in [3.8, 4) is 0 Å². The molecule has 1 nitrogen and oxygen atoms in total. The van der Waals surface area contributed by atoms with E-state index in [1.54, 1.807) is 0 Å². The van der Waals surface area contributed by atoms with E-state index in [9.17, 15) is 0 Å². The maximum Gasteiger partial charge on any atom is 0.0579 e. The van der Waals surface area contributed by atoms with Gasteiger partial charge in [0, 0.05) is 0 Å².